The van der Waals surface area contributed by atoms with E-state index >= 15 is 0 Å². The first-order chi connectivity index (χ1) is 8.75. The van der Waals surface area contributed by atoms with Gasteiger partial charge in [0, 0.05) is 11.6 Å². The Morgan fingerprint density at radius 2 is 1.50 bits per heavy atom. The first kappa shape index (κ1) is 11.4. The number of benzene rings is 2. The van der Waals surface area contributed by atoms with Gasteiger partial charge in [-0.2, -0.15) is 0 Å². The van der Waals surface area contributed by atoms with Crippen molar-refractivity contribution in [2.75, 3.05) is 0 Å². The zero-order chi connectivity index (χ0) is 12.5. The Balaban J connectivity index is 1.85. The lowest BCUT2D eigenvalue weighted by atomic mass is 9.91. The second-order valence-corrected chi connectivity index (χ2v) is 4.98. The highest BCUT2D eigenvalue weighted by Gasteiger charge is 2.28. The summed E-state index contributed by atoms with van der Waals surface area (Å²) in [7, 11) is 0. The van der Waals surface area contributed by atoms with Crippen LogP contribution in [0.4, 0.5) is 4.39 Å². The first-order valence-electron chi connectivity index (χ1n) is 6.32. The molecule has 2 N–H and O–H groups in total. The van der Waals surface area contributed by atoms with Crippen molar-refractivity contribution in [2.24, 2.45) is 11.7 Å². The van der Waals surface area contributed by atoms with Crippen molar-refractivity contribution in [1.82, 2.24) is 0 Å². The normalized spacial score (nSPS) is 16.6. The number of hydrogen-bond donors (Lipinski definition) is 1. The van der Waals surface area contributed by atoms with Crippen LogP contribution in [0.15, 0.2) is 48.5 Å². The highest BCUT2D eigenvalue weighted by molar-refractivity contribution is 5.34. The Labute approximate surface area is 106 Å². The van der Waals surface area contributed by atoms with Crippen LogP contribution in [0.25, 0.3) is 0 Å². The molecule has 0 aromatic heterocycles. The highest BCUT2D eigenvalue weighted by atomic mass is 19.1. The van der Waals surface area contributed by atoms with Crippen LogP contribution < -0.4 is 5.73 Å². The van der Waals surface area contributed by atoms with Crippen molar-refractivity contribution >= 4 is 0 Å². The molecular formula is C16H16FN. The topological polar surface area (TPSA) is 26.0 Å². The summed E-state index contributed by atoms with van der Waals surface area (Å²) in [5.41, 5.74) is 9.59. The van der Waals surface area contributed by atoms with Crippen LogP contribution in [0, 0.1) is 11.7 Å². The fourth-order valence-electron chi connectivity index (χ4n) is 2.85. The minimum Gasteiger partial charge on any atom is -0.324 e. The summed E-state index contributed by atoms with van der Waals surface area (Å²) in [6.07, 6.45) is 1.90. The average molecular weight is 241 g/mol. The van der Waals surface area contributed by atoms with Crippen LogP contribution >= 0.6 is 0 Å². The molecule has 18 heavy (non-hydrogen) atoms. The molecule has 0 aliphatic heterocycles. The lowest BCUT2D eigenvalue weighted by molar-refractivity contribution is 0.436. The first-order valence-corrected chi connectivity index (χ1v) is 6.32. The van der Waals surface area contributed by atoms with Crippen molar-refractivity contribution in [3.63, 3.8) is 0 Å². The highest BCUT2D eigenvalue weighted by Crippen LogP contribution is 2.34. The zero-order valence-electron chi connectivity index (χ0n) is 10.1. The monoisotopic (exact) mass is 241 g/mol. The maximum atomic E-state index is 13.7. The number of nitrogens with two attached hydrogens (primary N) is 1. The molecule has 1 aliphatic rings. The minimum atomic E-state index is -0.224. The van der Waals surface area contributed by atoms with Gasteiger partial charge in [0.05, 0.1) is 0 Å². The van der Waals surface area contributed by atoms with E-state index in [-0.39, 0.29) is 11.9 Å². The van der Waals surface area contributed by atoms with E-state index in [1.54, 1.807) is 12.1 Å². The van der Waals surface area contributed by atoms with E-state index in [0.29, 0.717) is 11.5 Å². The Bertz CT molecular complexity index is 540. The van der Waals surface area contributed by atoms with Gasteiger partial charge in [-0.25, -0.2) is 4.39 Å². The van der Waals surface area contributed by atoms with Crippen molar-refractivity contribution in [1.29, 1.82) is 0 Å². The fourth-order valence-corrected chi connectivity index (χ4v) is 2.85. The molecule has 1 nitrogen and oxygen atoms in total. The second-order valence-electron chi connectivity index (χ2n) is 4.98. The molecule has 1 aliphatic carbocycles. The SMILES string of the molecule is NC(c1ccccc1F)C1Cc2ccccc2C1. The largest absolute Gasteiger partial charge is 0.324 e. The van der Waals surface area contributed by atoms with Gasteiger partial charge in [-0.15, -0.1) is 0 Å². The van der Waals surface area contributed by atoms with Gasteiger partial charge in [-0.3, -0.25) is 0 Å². The van der Waals surface area contributed by atoms with E-state index in [2.05, 4.69) is 24.3 Å². The van der Waals surface area contributed by atoms with Gasteiger partial charge in [0.15, 0.2) is 0 Å². The smallest absolute Gasteiger partial charge is 0.127 e. The molecule has 0 saturated heterocycles. The summed E-state index contributed by atoms with van der Waals surface area (Å²) in [6, 6.07) is 15.0. The molecule has 0 fully saturated rings. The maximum Gasteiger partial charge on any atom is 0.127 e. The number of halogens is 1. The van der Waals surface area contributed by atoms with E-state index in [0.717, 1.165) is 12.8 Å². The Kier molecular flexibility index (Phi) is 2.88. The predicted molar refractivity (Wildman–Crippen MR) is 70.7 cm³/mol. The van der Waals surface area contributed by atoms with Crippen LogP contribution in [0.1, 0.15) is 22.7 Å². The van der Waals surface area contributed by atoms with Gasteiger partial charge in [0.2, 0.25) is 0 Å². The number of hydrogen-bond acceptors (Lipinski definition) is 1. The van der Waals surface area contributed by atoms with Gasteiger partial charge in [0.25, 0.3) is 0 Å². The molecule has 2 aromatic rings. The molecular weight excluding hydrogens is 225 g/mol. The van der Waals surface area contributed by atoms with Gasteiger partial charge in [-0.1, -0.05) is 42.5 Å². The molecule has 0 saturated carbocycles. The second kappa shape index (κ2) is 4.54. The molecule has 1 unspecified atom stereocenters. The third kappa shape index (κ3) is 1.93. The van der Waals surface area contributed by atoms with Gasteiger partial charge < -0.3 is 5.73 Å². The van der Waals surface area contributed by atoms with Crippen LogP contribution in [0.3, 0.4) is 0 Å². The average Bonchev–Trinajstić information content (AvgIpc) is 2.82. The number of rotatable bonds is 2. The van der Waals surface area contributed by atoms with Crippen LogP contribution in [-0.4, -0.2) is 0 Å². The number of fused-ring (bicyclic) bond motifs is 1. The van der Waals surface area contributed by atoms with E-state index < -0.39 is 0 Å². The molecule has 2 aromatic carbocycles. The predicted octanol–water partition coefficient (Wildman–Crippen LogP) is 3.24. The van der Waals surface area contributed by atoms with Crippen molar-refractivity contribution in [3.05, 3.63) is 71.0 Å². The van der Waals surface area contributed by atoms with E-state index in [1.165, 1.54) is 17.2 Å². The molecule has 92 valence electrons. The lowest BCUT2D eigenvalue weighted by Gasteiger charge is -2.19. The van der Waals surface area contributed by atoms with Gasteiger partial charge in [0.1, 0.15) is 5.82 Å². The standard InChI is InChI=1S/C16H16FN/c17-15-8-4-3-7-14(15)16(18)13-9-11-5-1-2-6-12(11)10-13/h1-8,13,16H,9-10,18H2. The zero-order valence-corrected chi connectivity index (χ0v) is 10.1. The summed E-state index contributed by atoms with van der Waals surface area (Å²) in [5, 5.41) is 0. The van der Waals surface area contributed by atoms with Crippen molar-refractivity contribution in [2.45, 2.75) is 18.9 Å². The summed E-state index contributed by atoms with van der Waals surface area (Å²) in [6.45, 7) is 0. The third-order valence-electron chi connectivity index (χ3n) is 3.85. The Hall–Kier alpha value is -1.67. The quantitative estimate of drug-likeness (QED) is 0.858. The minimum absolute atomic E-state index is 0.194. The van der Waals surface area contributed by atoms with E-state index in [4.69, 9.17) is 5.73 Å². The summed E-state index contributed by atoms with van der Waals surface area (Å²) >= 11 is 0. The maximum absolute atomic E-state index is 13.7. The molecule has 1 atom stereocenters. The lowest BCUT2D eigenvalue weighted by Crippen LogP contribution is -2.22. The van der Waals surface area contributed by atoms with E-state index in [9.17, 15) is 4.39 Å². The van der Waals surface area contributed by atoms with Crippen LogP contribution in [0.2, 0.25) is 0 Å². The Morgan fingerprint density at radius 1 is 0.944 bits per heavy atom. The molecule has 2 heteroatoms. The molecule has 0 heterocycles. The van der Waals surface area contributed by atoms with Crippen molar-refractivity contribution in [3.8, 4) is 0 Å². The van der Waals surface area contributed by atoms with Gasteiger partial charge >= 0.3 is 0 Å². The summed E-state index contributed by atoms with van der Waals surface area (Å²) in [5.74, 6) is 0.111. The van der Waals surface area contributed by atoms with Crippen LogP contribution in [-0.2, 0) is 12.8 Å². The van der Waals surface area contributed by atoms with Gasteiger partial charge in [-0.05, 0) is 36.0 Å². The molecule has 0 amide bonds. The molecule has 3 rings (SSSR count). The summed E-state index contributed by atoms with van der Waals surface area (Å²) < 4.78 is 13.7. The fraction of sp³-hybridized carbons (Fsp3) is 0.250. The summed E-state index contributed by atoms with van der Waals surface area (Å²) in [4.78, 5) is 0. The molecule has 0 spiro atoms. The molecule has 0 bridgehead atoms. The van der Waals surface area contributed by atoms with Crippen LogP contribution in [0.5, 0.6) is 0 Å². The molecule has 0 radical (unpaired) electrons. The van der Waals surface area contributed by atoms with Crippen molar-refractivity contribution < 1.29 is 4.39 Å². The van der Waals surface area contributed by atoms with E-state index in [1.807, 2.05) is 6.07 Å². The Morgan fingerprint density at radius 3 is 2.11 bits per heavy atom. The third-order valence-corrected chi connectivity index (χ3v) is 3.85.